The third kappa shape index (κ3) is 4.00. The Kier molecular flexibility index (Phi) is 5.02. The summed E-state index contributed by atoms with van der Waals surface area (Å²) in [5.41, 5.74) is 2.07. The molecule has 0 saturated heterocycles. The van der Waals surface area contributed by atoms with Gasteiger partial charge in [0.25, 0.3) is 0 Å². The van der Waals surface area contributed by atoms with E-state index >= 15 is 0 Å². The van der Waals surface area contributed by atoms with E-state index in [-0.39, 0.29) is 0 Å². The van der Waals surface area contributed by atoms with E-state index < -0.39 is 6.10 Å². The second-order valence-electron chi connectivity index (χ2n) is 4.69. The molecule has 1 N–H and O–H groups in total. The average molecular weight is 272 g/mol. The molecule has 0 fully saturated rings. The smallest absolute Gasteiger partial charge is 0.119 e. The van der Waals surface area contributed by atoms with Crippen LogP contribution in [0.3, 0.4) is 0 Å². The van der Waals surface area contributed by atoms with Gasteiger partial charge in [0, 0.05) is 6.42 Å². The van der Waals surface area contributed by atoms with Crippen LogP contribution in [0.2, 0.25) is 0 Å². The Labute approximate surface area is 119 Å². The molecule has 0 spiro atoms. The lowest BCUT2D eigenvalue weighted by Crippen LogP contribution is -2.02. The minimum absolute atomic E-state index is 0.472. The van der Waals surface area contributed by atoms with Crippen LogP contribution in [0, 0.1) is 0 Å². The molecular formula is C17H20O3. The number of aliphatic hydroxyl groups excluding tert-OH is 1. The van der Waals surface area contributed by atoms with Crippen molar-refractivity contribution in [3.63, 3.8) is 0 Å². The van der Waals surface area contributed by atoms with Gasteiger partial charge in [0.1, 0.15) is 11.5 Å². The van der Waals surface area contributed by atoms with Gasteiger partial charge in [-0.3, -0.25) is 0 Å². The fourth-order valence-corrected chi connectivity index (χ4v) is 1.94. The van der Waals surface area contributed by atoms with Gasteiger partial charge >= 0.3 is 0 Å². The summed E-state index contributed by atoms with van der Waals surface area (Å²) < 4.78 is 10.8. The summed E-state index contributed by atoms with van der Waals surface area (Å²) in [5, 5.41) is 9.53. The Hall–Kier alpha value is -2.00. The summed E-state index contributed by atoms with van der Waals surface area (Å²) in [6.07, 6.45) is 0.364. The first-order chi connectivity index (χ1) is 9.69. The summed E-state index contributed by atoms with van der Waals surface area (Å²) in [6, 6.07) is 15.5. The summed E-state index contributed by atoms with van der Waals surface area (Å²) in [4.78, 5) is 0. The molecule has 2 aromatic carbocycles. The summed E-state index contributed by atoms with van der Waals surface area (Å²) in [6.45, 7) is 2.35. The zero-order chi connectivity index (χ0) is 14.4. The fraction of sp³-hybridized carbons (Fsp3) is 0.294. The van der Waals surface area contributed by atoms with Crippen LogP contribution in [0.25, 0.3) is 0 Å². The molecule has 0 unspecified atom stereocenters. The van der Waals surface area contributed by atoms with Gasteiger partial charge in [0.15, 0.2) is 0 Å². The highest BCUT2D eigenvalue weighted by Gasteiger charge is 2.02. The summed E-state index contributed by atoms with van der Waals surface area (Å²) in [7, 11) is 1.66. The van der Waals surface area contributed by atoms with Crippen molar-refractivity contribution < 1.29 is 14.6 Å². The minimum Gasteiger partial charge on any atom is -0.497 e. The first-order valence-electron chi connectivity index (χ1n) is 6.73. The first kappa shape index (κ1) is 14.4. The maximum Gasteiger partial charge on any atom is 0.119 e. The van der Waals surface area contributed by atoms with Crippen molar-refractivity contribution >= 4 is 0 Å². The van der Waals surface area contributed by atoms with Crippen LogP contribution in [0.5, 0.6) is 11.5 Å². The molecule has 0 bridgehead atoms. The lowest BCUT2D eigenvalue weighted by molar-refractivity contribution is 0.198. The third-order valence-electron chi connectivity index (χ3n) is 3.16. The molecular weight excluding hydrogens is 252 g/mol. The van der Waals surface area contributed by atoms with Crippen LogP contribution in [0.1, 0.15) is 24.2 Å². The van der Waals surface area contributed by atoms with Crippen molar-refractivity contribution in [1.29, 1.82) is 0 Å². The van der Waals surface area contributed by atoms with Crippen molar-refractivity contribution in [2.45, 2.75) is 19.4 Å². The Morgan fingerprint density at radius 2 is 1.80 bits per heavy atom. The highest BCUT2D eigenvalue weighted by molar-refractivity contribution is 5.30. The maximum atomic E-state index is 9.53. The number of ether oxygens (including phenoxy) is 2. The second-order valence-corrected chi connectivity index (χ2v) is 4.69. The molecule has 0 aromatic heterocycles. The van der Waals surface area contributed by atoms with Crippen LogP contribution in [-0.4, -0.2) is 18.8 Å². The molecule has 1 atom stereocenters. The van der Waals surface area contributed by atoms with E-state index in [1.807, 2.05) is 48.5 Å². The molecule has 2 aromatic rings. The van der Waals surface area contributed by atoms with Crippen LogP contribution in [-0.2, 0) is 6.42 Å². The maximum absolute atomic E-state index is 9.53. The van der Waals surface area contributed by atoms with Crippen molar-refractivity contribution in [3.05, 3.63) is 59.7 Å². The van der Waals surface area contributed by atoms with Crippen molar-refractivity contribution in [2.24, 2.45) is 0 Å². The van der Waals surface area contributed by atoms with Crippen LogP contribution in [0.15, 0.2) is 48.5 Å². The fourth-order valence-electron chi connectivity index (χ4n) is 1.94. The standard InChI is InChI=1S/C17H20O3/c1-13(18)15-4-3-5-17(12-15)20-11-10-14-6-8-16(19-2)9-7-14/h3-9,12-13,18H,10-11H2,1-2H3/t13-/m0/s1. The van der Waals surface area contributed by atoms with Crippen LogP contribution in [0.4, 0.5) is 0 Å². The topological polar surface area (TPSA) is 38.7 Å². The van der Waals surface area contributed by atoms with Gasteiger partial charge in [0.05, 0.1) is 19.8 Å². The number of benzene rings is 2. The van der Waals surface area contributed by atoms with Crippen LogP contribution >= 0.6 is 0 Å². The van der Waals surface area contributed by atoms with Gasteiger partial charge < -0.3 is 14.6 Å². The van der Waals surface area contributed by atoms with Gasteiger partial charge in [-0.2, -0.15) is 0 Å². The molecule has 3 heteroatoms. The molecule has 0 radical (unpaired) electrons. The SMILES string of the molecule is COc1ccc(CCOc2cccc([C@H](C)O)c2)cc1. The molecule has 3 nitrogen and oxygen atoms in total. The quantitative estimate of drug-likeness (QED) is 0.876. The summed E-state index contributed by atoms with van der Waals surface area (Å²) >= 11 is 0. The monoisotopic (exact) mass is 272 g/mol. The van der Waals surface area contributed by atoms with Gasteiger partial charge in [-0.15, -0.1) is 0 Å². The first-order valence-corrected chi connectivity index (χ1v) is 6.73. The van der Waals surface area contributed by atoms with Crippen molar-refractivity contribution in [1.82, 2.24) is 0 Å². The number of hydrogen-bond donors (Lipinski definition) is 1. The molecule has 0 aliphatic carbocycles. The van der Waals surface area contributed by atoms with Gasteiger partial charge in [-0.05, 0) is 42.3 Å². The third-order valence-corrected chi connectivity index (χ3v) is 3.16. The van der Waals surface area contributed by atoms with Gasteiger partial charge in [0.2, 0.25) is 0 Å². The lowest BCUT2D eigenvalue weighted by atomic mass is 10.1. The number of methoxy groups -OCH3 is 1. The van der Waals surface area contributed by atoms with E-state index in [0.29, 0.717) is 6.61 Å². The van der Waals surface area contributed by atoms with Crippen molar-refractivity contribution in [3.8, 4) is 11.5 Å². The highest BCUT2D eigenvalue weighted by atomic mass is 16.5. The predicted octanol–water partition coefficient (Wildman–Crippen LogP) is 3.37. The Morgan fingerprint density at radius 1 is 1.05 bits per heavy atom. The molecule has 0 amide bonds. The molecule has 0 heterocycles. The molecule has 2 rings (SSSR count). The minimum atomic E-state index is -0.472. The van der Waals surface area contributed by atoms with E-state index in [1.54, 1.807) is 14.0 Å². The molecule has 20 heavy (non-hydrogen) atoms. The van der Waals surface area contributed by atoms with E-state index in [1.165, 1.54) is 5.56 Å². The number of rotatable bonds is 6. The predicted molar refractivity (Wildman–Crippen MR) is 79.3 cm³/mol. The van der Waals surface area contributed by atoms with E-state index in [0.717, 1.165) is 23.5 Å². The molecule has 106 valence electrons. The second kappa shape index (κ2) is 6.96. The van der Waals surface area contributed by atoms with Gasteiger partial charge in [-0.1, -0.05) is 24.3 Å². The average Bonchev–Trinajstić information content (AvgIpc) is 2.48. The number of aliphatic hydroxyl groups is 1. The lowest BCUT2D eigenvalue weighted by Gasteiger charge is -2.10. The summed E-state index contributed by atoms with van der Waals surface area (Å²) in [5.74, 6) is 1.65. The van der Waals surface area contributed by atoms with Crippen molar-refractivity contribution in [2.75, 3.05) is 13.7 Å². The largest absolute Gasteiger partial charge is 0.497 e. The van der Waals surface area contributed by atoms with E-state index in [2.05, 4.69) is 0 Å². The van der Waals surface area contributed by atoms with Gasteiger partial charge in [-0.25, -0.2) is 0 Å². The zero-order valence-electron chi connectivity index (χ0n) is 11.9. The molecule has 0 saturated carbocycles. The van der Waals surface area contributed by atoms with E-state index in [4.69, 9.17) is 9.47 Å². The molecule has 0 aliphatic rings. The Morgan fingerprint density at radius 3 is 2.45 bits per heavy atom. The Bertz CT molecular complexity index is 532. The van der Waals surface area contributed by atoms with E-state index in [9.17, 15) is 5.11 Å². The molecule has 0 aliphatic heterocycles. The Balaban J connectivity index is 1.87. The normalized spacial score (nSPS) is 11.9. The highest BCUT2D eigenvalue weighted by Crippen LogP contribution is 2.19. The number of hydrogen-bond acceptors (Lipinski definition) is 3. The zero-order valence-corrected chi connectivity index (χ0v) is 11.9. The van der Waals surface area contributed by atoms with Crippen LogP contribution < -0.4 is 9.47 Å².